The van der Waals surface area contributed by atoms with Gasteiger partial charge in [-0.1, -0.05) is 13.0 Å². The summed E-state index contributed by atoms with van der Waals surface area (Å²) in [5.74, 6) is -0.00795. The number of benzene rings is 1. The van der Waals surface area contributed by atoms with E-state index in [1.54, 1.807) is 6.92 Å². The van der Waals surface area contributed by atoms with Crippen LogP contribution < -0.4 is 10.6 Å². The molecule has 0 aliphatic heterocycles. The first-order chi connectivity index (χ1) is 8.69. The Balaban J connectivity index is 0.00000180. The van der Waals surface area contributed by atoms with E-state index in [4.69, 9.17) is 0 Å². The number of carbonyl (C=O) groups excluding carboxylic acids is 1. The summed E-state index contributed by atoms with van der Waals surface area (Å²) in [7, 11) is 0. The van der Waals surface area contributed by atoms with Crippen molar-refractivity contribution in [3.05, 3.63) is 29.3 Å². The Bertz CT molecular complexity index is 434. The third kappa shape index (κ3) is 4.51. The predicted molar refractivity (Wildman–Crippen MR) is 82.1 cm³/mol. The molecule has 1 aromatic rings. The van der Waals surface area contributed by atoms with Crippen LogP contribution in [0.2, 0.25) is 0 Å². The van der Waals surface area contributed by atoms with Gasteiger partial charge in [0.2, 0.25) is 5.91 Å². The van der Waals surface area contributed by atoms with Crippen LogP contribution in [0.1, 0.15) is 37.8 Å². The molecule has 1 unspecified atom stereocenters. The van der Waals surface area contributed by atoms with Gasteiger partial charge in [0.25, 0.3) is 0 Å². The molecular formula is C15H23ClN2O. The smallest absolute Gasteiger partial charge is 0.221 e. The maximum absolute atomic E-state index is 11.1. The van der Waals surface area contributed by atoms with Crippen molar-refractivity contribution in [3.8, 4) is 0 Å². The summed E-state index contributed by atoms with van der Waals surface area (Å²) in [4.78, 5) is 11.1. The number of rotatable bonds is 4. The summed E-state index contributed by atoms with van der Waals surface area (Å²) in [6.07, 6.45) is 4.60. The van der Waals surface area contributed by atoms with Crippen molar-refractivity contribution in [3.63, 3.8) is 0 Å². The molecule has 1 atom stereocenters. The van der Waals surface area contributed by atoms with Gasteiger partial charge in [0.1, 0.15) is 0 Å². The van der Waals surface area contributed by atoms with E-state index in [0.717, 1.165) is 25.1 Å². The Hall–Kier alpha value is -1.06. The molecule has 0 fully saturated rings. The first-order valence-electron chi connectivity index (χ1n) is 6.82. The molecule has 1 amide bonds. The molecule has 0 spiro atoms. The molecular weight excluding hydrogens is 260 g/mol. The van der Waals surface area contributed by atoms with Crippen LogP contribution in [0.25, 0.3) is 0 Å². The molecule has 0 aromatic heterocycles. The van der Waals surface area contributed by atoms with Crippen molar-refractivity contribution >= 4 is 24.0 Å². The van der Waals surface area contributed by atoms with Gasteiger partial charge in [-0.3, -0.25) is 4.79 Å². The van der Waals surface area contributed by atoms with E-state index in [1.165, 1.54) is 24.0 Å². The second-order valence-corrected chi connectivity index (χ2v) is 5.06. The third-order valence-electron chi connectivity index (χ3n) is 3.44. The Labute approximate surface area is 121 Å². The number of aryl methyl sites for hydroxylation is 1. The summed E-state index contributed by atoms with van der Waals surface area (Å²) in [5, 5.41) is 6.44. The number of carbonyl (C=O) groups is 1. The molecule has 1 aliphatic rings. The number of amides is 1. The van der Waals surface area contributed by atoms with E-state index in [-0.39, 0.29) is 18.3 Å². The minimum atomic E-state index is -0.00795. The molecule has 0 bridgehead atoms. The van der Waals surface area contributed by atoms with Crippen molar-refractivity contribution in [1.29, 1.82) is 0 Å². The van der Waals surface area contributed by atoms with Gasteiger partial charge >= 0.3 is 0 Å². The molecule has 1 aromatic carbocycles. The normalized spacial score (nSPS) is 17.3. The quantitative estimate of drug-likeness (QED) is 0.891. The molecule has 1 aliphatic carbocycles. The van der Waals surface area contributed by atoms with Crippen LogP contribution in [0.4, 0.5) is 5.69 Å². The highest BCUT2D eigenvalue weighted by molar-refractivity contribution is 5.88. The van der Waals surface area contributed by atoms with Crippen LogP contribution in [0.15, 0.2) is 18.2 Å². The second kappa shape index (κ2) is 7.51. The maximum Gasteiger partial charge on any atom is 0.221 e. The van der Waals surface area contributed by atoms with Crippen LogP contribution in [-0.4, -0.2) is 18.5 Å². The molecule has 2 N–H and O–H groups in total. The average Bonchev–Trinajstić information content (AvgIpc) is 2.35. The zero-order valence-corrected chi connectivity index (χ0v) is 12.5. The van der Waals surface area contributed by atoms with Crippen molar-refractivity contribution in [1.82, 2.24) is 5.32 Å². The number of hydrogen-bond donors (Lipinski definition) is 2. The van der Waals surface area contributed by atoms with Gasteiger partial charge in [0, 0.05) is 18.7 Å². The Morgan fingerprint density at radius 1 is 1.37 bits per heavy atom. The topological polar surface area (TPSA) is 41.1 Å². The monoisotopic (exact) mass is 282 g/mol. The lowest BCUT2D eigenvalue weighted by molar-refractivity contribution is -0.114. The number of fused-ring (bicyclic) bond motifs is 1. The third-order valence-corrected chi connectivity index (χ3v) is 3.44. The second-order valence-electron chi connectivity index (χ2n) is 5.06. The first-order valence-corrected chi connectivity index (χ1v) is 6.82. The lowest BCUT2D eigenvalue weighted by Gasteiger charge is -2.26. The van der Waals surface area contributed by atoms with E-state index in [9.17, 15) is 4.79 Å². The Morgan fingerprint density at radius 2 is 2.16 bits per heavy atom. The Morgan fingerprint density at radius 3 is 2.84 bits per heavy atom. The van der Waals surface area contributed by atoms with Gasteiger partial charge in [0.05, 0.1) is 0 Å². The maximum atomic E-state index is 11.1. The van der Waals surface area contributed by atoms with Crippen LogP contribution in [-0.2, 0) is 17.6 Å². The lowest BCUT2D eigenvalue weighted by Crippen LogP contribution is -2.35. The largest absolute Gasteiger partial charge is 0.326 e. The van der Waals surface area contributed by atoms with Crippen LogP contribution in [0.5, 0.6) is 0 Å². The Kier molecular flexibility index (Phi) is 6.32. The first kappa shape index (κ1) is 16.0. The summed E-state index contributed by atoms with van der Waals surface area (Å²) < 4.78 is 0. The molecule has 2 rings (SSSR count). The molecule has 0 saturated heterocycles. The summed E-state index contributed by atoms with van der Waals surface area (Å²) in [6.45, 7) is 4.83. The highest BCUT2D eigenvalue weighted by atomic mass is 35.5. The van der Waals surface area contributed by atoms with Crippen molar-refractivity contribution < 1.29 is 4.79 Å². The van der Waals surface area contributed by atoms with Gasteiger partial charge in [-0.05, 0) is 55.5 Å². The minimum absolute atomic E-state index is 0. The minimum Gasteiger partial charge on any atom is -0.326 e. The van der Waals surface area contributed by atoms with E-state index < -0.39 is 0 Å². The van der Waals surface area contributed by atoms with E-state index in [2.05, 4.69) is 29.7 Å². The van der Waals surface area contributed by atoms with Crippen LogP contribution in [0.3, 0.4) is 0 Å². The zero-order chi connectivity index (χ0) is 13.0. The van der Waals surface area contributed by atoms with E-state index in [1.807, 2.05) is 6.07 Å². The molecule has 0 saturated carbocycles. The summed E-state index contributed by atoms with van der Waals surface area (Å²) in [6, 6.07) is 6.86. The molecule has 19 heavy (non-hydrogen) atoms. The average molecular weight is 283 g/mol. The van der Waals surface area contributed by atoms with E-state index >= 15 is 0 Å². The number of halogens is 1. The SMILES string of the molecule is CCCNC1CCc2ccc(NC(C)=O)cc2C1.Cl. The molecule has 106 valence electrons. The lowest BCUT2D eigenvalue weighted by atomic mass is 9.88. The fourth-order valence-electron chi connectivity index (χ4n) is 2.56. The molecule has 0 heterocycles. The van der Waals surface area contributed by atoms with E-state index in [0.29, 0.717) is 6.04 Å². The number of nitrogens with one attached hydrogen (secondary N) is 2. The zero-order valence-electron chi connectivity index (χ0n) is 11.7. The summed E-state index contributed by atoms with van der Waals surface area (Å²) >= 11 is 0. The molecule has 3 nitrogen and oxygen atoms in total. The highest BCUT2D eigenvalue weighted by Gasteiger charge is 2.18. The van der Waals surface area contributed by atoms with Gasteiger partial charge < -0.3 is 10.6 Å². The predicted octanol–water partition coefficient (Wildman–Crippen LogP) is 2.92. The number of hydrogen-bond acceptors (Lipinski definition) is 2. The van der Waals surface area contributed by atoms with Gasteiger partial charge in [0.15, 0.2) is 0 Å². The van der Waals surface area contributed by atoms with Crippen molar-refractivity contribution in [2.45, 2.75) is 45.6 Å². The van der Waals surface area contributed by atoms with Gasteiger partial charge in [-0.2, -0.15) is 0 Å². The standard InChI is InChI=1S/C15H22N2O.ClH/c1-3-8-16-14-6-4-12-5-7-15(17-11(2)18)10-13(12)9-14;/h5,7,10,14,16H,3-4,6,8-9H2,1-2H3,(H,17,18);1H. The van der Waals surface area contributed by atoms with Crippen LogP contribution in [0, 0.1) is 0 Å². The highest BCUT2D eigenvalue weighted by Crippen LogP contribution is 2.24. The van der Waals surface area contributed by atoms with Crippen molar-refractivity contribution in [2.24, 2.45) is 0 Å². The van der Waals surface area contributed by atoms with Gasteiger partial charge in [-0.15, -0.1) is 12.4 Å². The van der Waals surface area contributed by atoms with Crippen molar-refractivity contribution in [2.75, 3.05) is 11.9 Å². The fourth-order valence-corrected chi connectivity index (χ4v) is 2.56. The fraction of sp³-hybridized carbons (Fsp3) is 0.533. The molecule has 0 radical (unpaired) electrons. The summed E-state index contributed by atoms with van der Waals surface area (Å²) in [5.41, 5.74) is 3.72. The van der Waals surface area contributed by atoms with Gasteiger partial charge in [-0.25, -0.2) is 0 Å². The van der Waals surface area contributed by atoms with Crippen LogP contribution >= 0.6 is 12.4 Å². The molecule has 4 heteroatoms. The number of anilines is 1.